The van der Waals surface area contributed by atoms with Gasteiger partial charge in [-0.15, -0.1) is 0 Å². The smallest absolute Gasteiger partial charge is 0.170 e. The van der Waals surface area contributed by atoms with Gasteiger partial charge in [0.1, 0.15) is 11.3 Å². The van der Waals surface area contributed by atoms with E-state index in [1.807, 2.05) is 24.3 Å². The van der Waals surface area contributed by atoms with Crippen LogP contribution >= 0.6 is 15.9 Å². The highest BCUT2D eigenvalue weighted by molar-refractivity contribution is 9.10. The van der Waals surface area contributed by atoms with Crippen LogP contribution in [0.15, 0.2) is 33.4 Å². The van der Waals surface area contributed by atoms with E-state index in [1.165, 1.54) is 0 Å². The molecular weight excluding hydrogens is 220 g/mol. The van der Waals surface area contributed by atoms with Crippen LogP contribution in [0.4, 0.5) is 0 Å². The molecule has 2 nitrogen and oxygen atoms in total. The van der Waals surface area contributed by atoms with Crippen molar-refractivity contribution >= 4 is 26.9 Å². The van der Waals surface area contributed by atoms with Crippen molar-refractivity contribution in [1.29, 1.82) is 0 Å². The van der Waals surface area contributed by atoms with Crippen LogP contribution in [0.3, 0.4) is 0 Å². The van der Waals surface area contributed by atoms with Gasteiger partial charge in [0.2, 0.25) is 0 Å². The average Bonchev–Trinajstić information content (AvgIpc) is 2.43. The molecule has 2 rings (SSSR count). The van der Waals surface area contributed by atoms with Crippen LogP contribution in [-0.2, 0) is 0 Å². The zero-order valence-corrected chi connectivity index (χ0v) is 8.09. The number of furan rings is 1. The van der Waals surface area contributed by atoms with Gasteiger partial charge in [0.25, 0.3) is 0 Å². The second kappa shape index (κ2) is 2.83. The monoisotopic (exact) mass is 226 g/mol. The Bertz CT molecular complexity index is 406. The van der Waals surface area contributed by atoms with Gasteiger partial charge in [-0.1, -0.05) is 0 Å². The Morgan fingerprint density at radius 3 is 2.92 bits per heavy atom. The minimum Gasteiger partial charge on any atom is -0.497 e. The largest absolute Gasteiger partial charge is 0.497 e. The van der Waals surface area contributed by atoms with Crippen LogP contribution in [0.1, 0.15) is 0 Å². The van der Waals surface area contributed by atoms with Crippen molar-refractivity contribution in [1.82, 2.24) is 0 Å². The molecule has 0 saturated carbocycles. The summed E-state index contributed by atoms with van der Waals surface area (Å²) < 4.78 is 11.1. The molecule has 0 unspecified atom stereocenters. The molecule has 0 amide bonds. The fraction of sp³-hybridized carbons (Fsp3) is 0.111. The summed E-state index contributed by atoms with van der Waals surface area (Å²) in [5.74, 6) is 0.810. The summed E-state index contributed by atoms with van der Waals surface area (Å²) in [5.41, 5.74) is 0.834. The van der Waals surface area contributed by atoms with E-state index in [0.29, 0.717) is 0 Å². The van der Waals surface area contributed by atoms with Crippen LogP contribution in [0.5, 0.6) is 5.75 Å². The maximum Gasteiger partial charge on any atom is 0.170 e. The first-order valence-corrected chi connectivity index (χ1v) is 4.32. The summed E-state index contributed by atoms with van der Waals surface area (Å²) in [6.45, 7) is 0. The Hall–Kier alpha value is -0.960. The van der Waals surface area contributed by atoms with Crippen LogP contribution < -0.4 is 4.74 Å². The molecule has 1 aromatic carbocycles. The van der Waals surface area contributed by atoms with Gasteiger partial charge in [-0.05, 0) is 34.1 Å². The van der Waals surface area contributed by atoms with E-state index in [9.17, 15) is 0 Å². The predicted molar refractivity (Wildman–Crippen MR) is 50.5 cm³/mol. The number of hydrogen-bond acceptors (Lipinski definition) is 2. The highest BCUT2D eigenvalue weighted by Crippen LogP contribution is 2.26. The van der Waals surface area contributed by atoms with E-state index in [0.717, 1.165) is 21.4 Å². The number of ether oxygens (including phenoxy) is 1. The van der Waals surface area contributed by atoms with Crippen LogP contribution in [0.25, 0.3) is 11.0 Å². The third-order valence-electron chi connectivity index (χ3n) is 1.70. The van der Waals surface area contributed by atoms with Crippen LogP contribution in [0, 0.1) is 0 Å². The Kier molecular flexibility index (Phi) is 1.81. The molecule has 0 N–H and O–H groups in total. The van der Waals surface area contributed by atoms with Crippen molar-refractivity contribution < 1.29 is 9.15 Å². The number of rotatable bonds is 1. The molecule has 0 saturated heterocycles. The van der Waals surface area contributed by atoms with Gasteiger partial charge in [-0.25, -0.2) is 0 Å². The second-order valence-corrected chi connectivity index (χ2v) is 3.24. The summed E-state index contributed by atoms with van der Waals surface area (Å²) >= 11 is 3.26. The first-order valence-electron chi connectivity index (χ1n) is 3.52. The number of halogens is 1. The van der Waals surface area contributed by atoms with Crippen molar-refractivity contribution in [2.24, 2.45) is 0 Å². The first kappa shape index (κ1) is 7.68. The molecule has 2 aromatic rings. The lowest BCUT2D eigenvalue weighted by atomic mass is 10.2. The third-order valence-corrected chi connectivity index (χ3v) is 2.09. The maximum absolute atomic E-state index is 5.35. The van der Waals surface area contributed by atoms with Crippen molar-refractivity contribution in [3.05, 3.63) is 28.9 Å². The Morgan fingerprint density at radius 1 is 1.33 bits per heavy atom. The zero-order chi connectivity index (χ0) is 8.55. The van der Waals surface area contributed by atoms with Gasteiger partial charge in [-0.2, -0.15) is 0 Å². The normalized spacial score (nSPS) is 10.5. The topological polar surface area (TPSA) is 22.4 Å². The molecule has 62 valence electrons. The van der Waals surface area contributed by atoms with E-state index in [2.05, 4.69) is 15.9 Å². The lowest BCUT2D eigenvalue weighted by Gasteiger charge is -1.96. The lowest BCUT2D eigenvalue weighted by Crippen LogP contribution is -1.79. The van der Waals surface area contributed by atoms with Crippen molar-refractivity contribution in [3.63, 3.8) is 0 Å². The molecule has 0 aliphatic carbocycles. The van der Waals surface area contributed by atoms with Gasteiger partial charge in [0, 0.05) is 11.5 Å². The molecule has 1 heterocycles. The van der Waals surface area contributed by atoms with Crippen molar-refractivity contribution in [2.45, 2.75) is 0 Å². The molecule has 0 atom stereocenters. The van der Waals surface area contributed by atoms with Crippen LogP contribution in [0.2, 0.25) is 0 Å². The summed E-state index contributed by atoms with van der Waals surface area (Å²) in [4.78, 5) is 0. The Labute approximate surface area is 78.3 Å². The average molecular weight is 227 g/mol. The predicted octanol–water partition coefficient (Wildman–Crippen LogP) is 3.20. The first-order chi connectivity index (χ1) is 5.79. The highest BCUT2D eigenvalue weighted by atomic mass is 79.9. The molecule has 0 bridgehead atoms. The van der Waals surface area contributed by atoms with Gasteiger partial charge >= 0.3 is 0 Å². The fourth-order valence-corrected chi connectivity index (χ4v) is 1.53. The molecule has 1 aromatic heterocycles. The summed E-state index contributed by atoms with van der Waals surface area (Å²) in [6, 6.07) is 7.65. The highest BCUT2D eigenvalue weighted by Gasteiger charge is 2.01. The molecular formula is C9H7BrO2. The summed E-state index contributed by atoms with van der Waals surface area (Å²) in [6.07, 6.45) is 0. The minimum atomic E-state index is 0.741. The molecule has 3 heteroatoms. The second-order valence-electron chi connectivity index (χ2n) is 2.45. The fourth-order valence-electron chi connectivity index (χ4n) is 1.11. The lowest BCUT2D eigenvalue weighted by molar-refractivity contribution is 0.414. The Balaban J connectivity index is 2.66. The van der Waals surface area contributed by atoms with E-state index in [-0.39, 0.29) is 0 Å². The van der Waals surface area contributed by atoms with Crippen molar-refractivity contribution in [3.8, 4) is 5.75 Å². The molecule has 0 aliphatic heterocycles. The maximum atomic E-state index is 5.35. The number of fused-ring (bicyclic) bond motifs is 1. The van der Waals surface area contributed by atoms with Gasteiger partial charge in [0.15, 0.2) is 4.67 Å². The number of benzene rings is 1. The van der Waals surface area contributed by atoms with E-state index < -0.39 is 0 Å². The Morgan fingerprint density at radius 2 is 2.17 bits per heavy atom. The van der Waals surface area contributed by atoms with E-state index in [4.69, 9.17) is 9.15 Å². The van der Waals surface area contributed by atoms with E-state index in [1.54, 1.807) is 7.11 Å². The van der Waals surface area contributed by atoms with Gasteiger partial charge in [-0.3, -0.25) is 0 Å². The molecule has 0 radical (unpaired) electrons. The molecule has 12 heavy (non-hydrogen) atoms. The quantitative estimate of drug-likeness (QED) is 0.746. The SMILES string of the molecule is COc1ccc2cc(Br)oc2c1. The third kappa shape index (κ3) is 1.20. The zero-order valence-electron chi connectivity index (χ0n) is 6.50. The van der Waals surface area contributed by atoms with Crippen molar-refractivity contribution in [2.75, 3.05) is 7.11 Å². The summed E-state index contributed by atoms with van der Waals surface area (Å²) in [7, 11) is 1.64. The van der Waals surface area contributed by atoms with E-state index >= 15 is 0 Å². The number of hydrogen-bond donors (Lipinski definition) is 0. The van der Waals surface area contributed by atoms with Crippen LogP contribution in [-0.4, -0.2) is 7.11 Å². The molecule has 0 aliphatic rings. The number of methoxy groups -OCH3 is 1. The molecule has 0 spiro atoms. The molecule has 0 fully saturated rings. The van der Waals surface area contributed by atoms with Gasteiger partial charge < -0.3 is 9.15 Å². The summed E-state index contributed by atoms with van der Waals surface area (Å²) in [5, 5.41) is 1.07. The standard InChI is InChI=1S/C9H7BrO2/c1-11-7-3-2-6-4-9(10)12-8(6)5-7/h2-5H,1H3. The van der Waals surface area contributed by atoms with Gasteiger partial charge in [0.05, 0.1) is 7.11 Å². The minimum absolute atomic E-state index is 0.741.